The first-order chi connectivity index (χ1) is 49.6. The lowest BCUT2D eigenvalue weighted by Gasteiger charge is -2.25. The second-order valence-electron chi connectivity index (χ2n) is 28.3. The van der Waals surface area contributed by atoms with Crippen LogP contribution in [0.4, 0.5) is 0 Å². The van der Waals surface area contributed by atoms with Crippen molar-refractivity contribution in [3.63, 3.8) is 0 Å². The number of carbonyl (C=O) groups excluding carboxylic acids is 2. The van der Waals surface area contributed by atoms with Crippen LogP contribution < -0.4 is 0 Å². The summed E-state index contributed by atoms with van der Waals surface area (Å²) in [5.41, 5.74) is 0. The molecule has 0 saturated heterocycles. The Morgan fingerprint density at radius 3 is 0.792 bits per heavy atom. The molecule has 0 saturated carbocycles. The topological polar surface area (TPSA) is 108 Å². The fourth-order valence-corrected chi connectivity index (χ4v) is 11.3. The Morgan fingerprint density at radius 1 is 0.297 bits per heavy atom. The van der Waals surface area contributed by atoms with Gasteiger partial charge in [0.1, 0.15) is 13.2 Å². The number of unbranched alkanes of at least 4 members (excludes halogenated alkanes) is 32. The number of carboxylic acids is 1. The number of carboxylic acid groups (broad SMARTS) is 1. The highest BCUT2D eigenvalue weighted by molar-refractivity contribution is 5.71. The van der Waals surface area contributed by atoms with Gasteiger partial charge in [0.15, 0.2) is 6.10 Å². The zero-order valence-corrected chi connectivity index (χ0v) is 65.8. The average Bonchev–Trinajstić information content (AvgIpc) is 1.21. The number of carbonyl (C=O) groups is 3. The molecule has 574 valence electrons. The second kappa shape index (κ2) is 80.3. The van der Waals surface area contributed by atoms with Crippen molar-refractivity contribution in [3.05, 3.63) is 170 Å². The highest BCUT2D eigenvalue weighted by atomic mass is 16.7. The Morgan fingerprint density at radius 2 is 0.535 bits per heavy atom. The molecular formula is C92H154NO8+. The van der Waals surface area contributed by atoms with Crippen molar-refractivity contribution >= 4 is 17.9 Å². The van der Waals surface area contributed by atoms with Crippen molar-refractivity contribution < 1.29 is 42.9 Å². The Labute approximate surface area is 622 Å². The third-order valence-corrected chi connectivity index (χ3v) is 17.5. The van der Waals surface area contributed by atoms with E-state index in [9.17, 15) is 19.5 Å². The van der Waals surface area contributed by atoms with E-state index in [-0.39, 0.29) is 32.2 Å². The van der Waals surface area contributed by atoms with E-state index in [4.69, 9.17) is 18.9 Å². The largest absolute Gasteiger partial charge is 0.477 e. The summed E-state index contributed by atoms with van der Waals surface area (Å²) in [5, 5.41) is 9.78. The first kappa shape index (κ1) is 95.6. The highest BCUT2D eigenvalue weighted by Gasteiger charge is 2.25. The number of aliphatic carboxylic acids is 1. The predicted octanol–water partition coefficient (Wildman–Crippen LogP) is 26.9. The summed E-state index contributed by atoms with van der Waals surface area (Å²) in [6.45, 7) is 4.66. The number of quaternary nitrogens is 1. The smallest absolute Gasteiger partial charge is 0.361 e. The van der Waals surface area contributed by atoms with E-state index in [1.165, 1.54) is 167 Å². The summed E-state index contributed by atoms with van der Waals surface area (Å²) in [6, 6.07) is 0. The molecule has 2 unspecified atom stereocenters. The number of likely N-dealkylation sites (N-methyl/N-ethyl adjacent to an activating group) is 1. The molecule has 1 N–H and O–H groups in total. The molecule has 0 aromatic rings. The second-order valence-corrected chi connectivity index (χ2v) is 28.3. The molecule has 9 nitrogen and oxygen atoms in total. The highest BCUT2D eigenvalue weighted by Crippen LogP contribution is 2.18. The number of esters is 2. The number of hydrogen-bond donors (Lipinski definition) is 1. The molecule has 0 amide bonds. The first-order valence-corrected chi connectivity index (χ1v) is 41.3. The standard InChI is InChI=1S/C92H153NO8/c1-6-8-10-12-14-16-18-20-22-24-26-28-30-32-34-36-38-40-42-43-44-45-46-47-49-51-53-55-57-59-61-63-65-67-69-71-73-75-77-79-81-83-90(95)101-88(87-100-92(91(96)97)98-85-84-93(3,4)5)86-99-89(94)82-80-78-76-74-72-70-68-66-64-62-60-58-56-54-52-50-48-41-39-37-35-33-31-29-27-25-23-21-19-17-15-13-11-9-7-2/h8-11,14-17,20-23,26-29,32,34,38,40,43-44,46-47,51,53,57,59,88,92H,6-7,12-13,18-19,24-25,30-31,33,35-37,39,41-42,45,48-50,52,54-56,58,60-87H2,1-5H3/p+1/b10-8-,11-9-,16-14-,17-15-,22-20-,23-21-,28-26-,29-27-,34-32-,40-38-,44-43-,47-46-,53-51-,59-57-. The van der Waals surface area contributed by atoms with Gasteiger partial charge < -0.3 is 28.5 Å². The molecule has 0 rings (SSSR count). The average molecular weight is 1400 g/mol. The van der Waals surface area contributed by atoms with E-state index in [2.05, 4.69) is 184 Å². The molecule has 0 aliphatic heterocycles. The van der Waals surface area contributed by atoms with Gasteiger partial charge in [-0.2, -0.15) is 0 Å². The lowest BCUT2D eigenvalue weighted by atomic mass is 10.0. The minimum absolute atomic E-state index is 0.181. The molecule has 0 radical (unpaired) electrons. The van der Waals surface area contributed by atoms with E-state index < -0.39 is 24.3 Å². The number of hydrogen-bond acceptors (Lipinski definition) is 7. The maximum Gasteiger partial charge on any atom is 0.361 e. The lowest BCUT2D eigenvalue weighted by molar-refractivity contribution is -0.870. The van der Waals surface area contributed by atoms with E-state index >= 15 is 0 Å². The molecule has 0 aliphatic rings. The van der Waals surface area contributed by atoms with Crippen molar-refractivity contribution in [2.45, 2.75) is 347 Å². The molecule has 0 bridgehead atoms. The molecular weight excluding hydrogens is 1250 g/mol. The molecule has 0 aliphatic carbocycles. The Bertz CT molecular complexity index is 2280. The summed E-state index contributed by atoms with van der Waals surface area (Å²) < 4.78 is 23.1. The van der Waals surface area contributed by atoms with E-state index in [0.29, 0.717) is 23.9 Å². The monoisotopic (exact) mass is 1400 g/mol. The van der Waals surface area contributed by atoms with Crippen LogP contribution >= 0.6 is 0 Å². The van der Waals surface area contributed by atoms with Crippen molar-refractivity contribution in [3.8, 4) is 0 Å². The van der Waals surface area contributed by atoms with Gasteiger partial charge in [-0.3, -0.25) is 9.59 Å². The maximum absolute atomic E-state index is 13.0. The molecule has 0 aromatic heterocycles. The molecule has 9 heteroatoms. The molecule has 0 heterocycles. The SMILES string of the molecule is CC/C=C\C/C=C\C/C=C\C/C=C\C/C=C\C/C=C\C/C=C\C/C=C\C/C=C\C/C=C\CCCCCCCCCCCCC(=O)OC(COC(=O)CCCCCCCCCCCCCCCCCCCCCCCC/C=C\C/C=C\C/C=C\C/C=C\CC)COC(OCC[N+](C)(C)C)C(=O)O. The molecule has 101 heavy (non-hydrogen) atoms. The van der Waals surface area contributed by atoms with Gasteiger partial charge in [-0.05, 0) is 128 Å². The Kier molecular flexibility index (Phi) is 76.1. The fraction of sp³-hybridized carbons (Fsp3) is 0.663. The molecule has 0 spiro atoms. The third-order valence-electron chi connectivity index (χ3n) is 17.5. The van der Waals surface area contributed by atoms with Crippen LogP contribution in [0.3, 0.4) is 0 Å². The predicted molar refractivity (Wildman–Crippen MR) is 437 cm³/mol. The summed E-state index contributed by atoms with van der Waals surface area (Å²) in [7, 11) is 5.98. The van der Waals surface area contributed by atoms with E-state index in [0.717, 1.165) is 135 Å². The van der Waals surface area contributed by atoms with Crippen LogP contribution in [-0.4, -0.2) is 87.4 Å². The summed E-state index contributed by atoms with van der Waals surface area (Å²) in [4.78, 5) is 37.8. The van der Waals surface area contributed by atoms with Gasteiger partial charge in [0.2, 0.25) is 0 Å². The molecule has 0 fully saturated rings. The minimum Gasteiger partial charge on any atom is -0.477 e. The van der Waals surface area contributed by atoms with Crippen LogP contribution in [0.15, 0.2) is 170 Å². The van der Waals surface area contributed by atoms with Crippen molar-refractivity contribution in [1.82, 2.24) is 0 Å². The Hall–Kier alpha value is -5.35. The molecule has 2 atom stereocenters. The van der Waals surface area contributed by atoms with Crippen molar-refractivity contribution in [2.75, 3.05) is 47.5 Å². The Balaban J connectivity index is 4.06. The van der Waals surface area contributed by atoms with Crippen LogP contribution in [0.5, 0.6) is 0 Å². The van der Waals surface area contributed by atoms with Gasteiger partial charge in [-0.25, -0.2) is 4.79 Å². The summed E-state index contributed by atoms with van der Waals surface area (Å²) in [5.74, 6) is -2.01. The van der Waals surface area contributed by atoms with Crippen LogP contribution in [-0.2, 0) is 33.3 Å². The van der Waals surface area contributed by atoms with E-state index in [1.54, 1.807) is 0 Å². The zero-order chi connectivity index (χ0) is 73.2. The van der Waals surface area contributed by atoms with Crippen LogP contribution in [0.2, 0.25) is 0 Å². The van der Waals surface area contributed by atoms with Gasteiger partial charge >= 0.3 is 17.9 Å². The van der Waals surface area contributed by atoms with Gasteiger partial charge in [0.25, 0.3) is 6.29 Å². The molecule has 0 aromatic carbocycles. The van der Waals surface area contributed by atoms with Gasteiger partial charge in [0.05, 0.1) is 34.4 Å². The number of rotatable bonds is 75. The first-order valence-electron chi connectivity index (χ1n) is 41.3. The van der Waals surface area contributed by atoms with Crippen molar-refractivity contribution in [1.29, 1.82) is 0 Å². The third kappa shape index (κ3) is 81.8. The quantitative estimate of drug-likeness (QED) is 0.0211. The normalized spacial score (nSPS) is 13.6. The van der Waals surface area contributed by atoms with Gasteiger partial charge in [-0.1, -0.05) is 364 Å². The number of nitrogens with zero attached hydrogens (tertiary/aromatic N) is 1. The van der Waals surface area contributed by atoms with Crippen LogP contribution in [0.25, 0.3) is 0 Å². The number of allylic oxidation sites excluding steroid dienone is 28. The fourth-order valence-electron chi connectivity index (χ4n) is 11.3. The van der Waals surface area contributed by atoms with E-state index in [1.807, 2.05) is 21.1 Å². The van der Waals surface area contributed by atoms with Gasteiger partial charge in [-0.15, -0.1) is 0 Å². The van der Waals surface area contributed by atoms with Crippen LogP contribution in [0.1, 0.15) is 335 Å². The lowest BCUT2D eigenvalue weighted by Crippen LogP contribution is -2.40. The number of ether oxygens (including phenoxy) is 4. The van der Waals surface area contributed by atoms with Gasteiger partial charge in [0, 0.05) is 12.8 Å². The summed E-state index contributed by atoms with van der Waals surface area (Å²) in [6.07, 6.45) is 118. The minimum atomic E-state index is -1.52. The van der Waals surface area contributed by atoms with Crippen LogP contribution in [0, 0.1) is 0 Å². The summed E-state index contributed by atoms with van der Waals surface area (Å²) >= 11 is 0. The maximum atomic E-state index is 13.0. The van der Waals surface area contributed by atoms with Crippen molar-refractivity contribution in [2.24, 2.45) is 0 Å². The zero-order valence-electron chi connectivity index (χ0n) is 65.8.